The van der Waals surface area contributed by atoms with Gasteiger partial charge in [0.15, 0.2) is 0 Å². The quantitative estimate of drug-likeness (QED) is 0.588. The minimum atomic E-state index is -1.78. The Hall–Kier alpha value is -0.570. The highest BCUT2D eigenvalue weighted by atomic mass is 16.4. The van der Waals surface area contributed by atoms with Gasteiger partial charge in [0.2, 0.25) is 0 Å². The number of carboxylic acid groups (broad SMARTS) is 1. The van der Waals surface area contributed by atoms with Gasteiger partial charge in [-0.3, -0.25) is 4.79 Å². The molecule has 0 fully saturated rings. The Bertz CT molecular complexity index is 125. The molecule has 0 aromatic carbocycles. The van der Waals surface area contributed by atoms with Crippen LogP contribution in [0.1, 0.15) is 27.6 Å². The summed E-state index contributed by atoms with van der Waals surface area (Å²) in [5, 5.41) is 8.36. The number of aliphatic carboxylic acids is 1. The van der Waals surface area contributed by atoms with Crippen molar-refractivity contribution in [2.24, 2.45) is 5.73 Å². The van der Waals surface area contributed by atoms with E-state index in [1.165, 1.54) is 0 Å². The zero-order chi connectivity index (χ0) is 8.20. The second-order valence-electron chi connectivity index (χ2n) is 1.93. The van der Waals surface area contributed by atoms with Crippen LogP contribution in [0.4, 0.5) is 0 Å². The maximum atomic E-state index is 10.2. The molecule has 0 unspecified atom stereocenters. The number of nitrogens with two attached hydrogens (primary N) is 1. The molecule has 0 saturated heterocycles. The van der Waals surface area contributed by atoms with Crippen LogP contribution in [0.2, 0.25) is 0 Å². The van der Waals surface area contributed by atoms with E-state index in [-0.39, 0.29) is 6.42 Å². The van der Waals surface area contributed by atoms with Gasteiger partial charge in [-0.2, -0.15) is 0 Å². The summed E-state index contributed by atoms with van der Waals surface area (Å²) in [6, 6.07) is -1.78. The number of unbranched alkanes of at least 4 members (excludes halogenated alkanes) is 1. The van der Waals surface area contributed by atoms with Crippen molar-refractivity contribution in [2.75, 3.05) is 0 Å². The standard InChI is InChI=1S/C6H13NO2/c1-2-3-4-5(7)6(8)9/h5H,2-4,7H2,1H3,(H,8,9)/t5-/m0/s1/i5D. The lowest BCUT2D eigenvalue weighted by Gasteiger charge is -2.02. The van der Waals surface area contributed by atoms with Crippen molar-refractivity contribution in [3.63, 3.8) is 0 Å². The van der Waals surface area contributed by atoms with E-state index >= 15 is 0 Å². The van der Waals surface area contributed by atoms with Gasteiger partial charge in [0, 0.05) is 0 Å². The molecule has 1 atom stereocenters. The van der Waals surface area contributed by atoms with Gasteiger partial charge in [0.05, 0.1) is 1.37 Å². The second-order valence-corrected chi connectivity index (χ2v) is 1.93. The molecule has 0 heterocycles. The van der Waals surface area contributed by atoms with Crippen LogP contribution < -0.4 is 5.73 Å². The molecule has 3 N–H and O–H groups in total. The van der Waals surface area contributed by atoms with E-state index in [9.17, 15) is 4.79 Å². The summed E-state index contributed by atoms with van der Waals surface area (Å²) < 4.78 is 7.06. The van der Waals surface area contributed by atoms with Gasteiger partial charge in [0.25, 0.3) is 0 Å². The molecule has 9 heavy (non-hydrogen) atoms. The van der Waals surface area contributed by atoms with Gasteiger partial charge in [0.1, 0.15) is 6.02 Å². The van der Waals surface area contributed by atoms with Gasteiger partial charge < -0.3 is 10.8 Å². The van der Waals surface area contributed by atoms with Crippen LogP contribution in [0.5, 0.6) is 0 Å². The van der Waals surface area contributed by atoms with Crippen molar-refractivity contribution in [1.82, 2.24) is 0 Å². The zero-order valence-corrected chi connectivity index (χ0v) is 5.55. The summed E-state index contributed by atoms with van der Waals surface area (Å²) in [7, 11) is 0. The third-order valence-electron chi connectivity index (χ3n) is 1.07. The Labute approximate surface area is 56.3 Å². The van der Waals surface area contributed by atoms with Crippen LogP contribution in [-0.2, 0) is 4.79 Å². The fourth-order valence-corrected chi connectivity index (χ4v) is 0.474. The first-order chi connectivity index (χ1) is 4.50. The predicted molar refractivity (Wildman–Crippen MR) is 35.1 cm³/mol. The summed E-state index contributed by atoms with van der Waals surface area (Å²) >= 11 is 0. The van der Waals surface area contributed by atoms with Crippen LogP contribution in [0, 0.1) is 0 Å². The highest BCUT2D eigenvalue weighted by Crippen LogP contribution is 1.96. The Morgan fingerprint density at radius 3 is 2.89 bits per heavy atom. The Kier molecular flexibility index (Phi) is 3.15. The molecule has 0 aromatic heterocycles. The monoisotopic (exact) mass is 132 g/mol. The SMILES string of the molecule is [2H][C@](N)(CCCC)C(=O)O. The molecule has 54 valence electrons. The van der Waals surface area contributed by atoms with Gasteiger partial charge in [-0.1, -0.05) is 19.8 Å². The molecule has 0 bridgehead atoms. The molecule has 0 aromatic rings. The summed E-state index contributed by atoms with van der Waals surface area (Å²) in [5.41, 5.74) is 5.11. The van der Waals surface area contributed by atoms with E-state index in [0.717, 1.165) is 6.42 Å². The van der Waals surface area contributed by atoms with Crippen LogP contribution >= 0.6 is 0 Å². The van der Waals surface area contributed by atoms with E-state index in [4.69, 9.17) is 12.2 Å². The Morgan fingerprint density at radius 2 is 2.56 bits per heavy atom. The van der Waals surface area contributed by atoms with Crippen molar-refractivity contribution >= 4 is 5.97 Å². The largest absolute Gasteiger partial charge is 0.480 e. The topological polar surface area (TPSA) is 63.3 Å². The van der Waals surface area contributed by atoms with Gasteiger partial charge >= 0.3 is 5.97 Å². The van der Waals surface area contributed by atoms with Crippen molar-refractivity contribution in [3.05, 3.63) is 0 Å². The van der Waals surface area contributed by atoms with E-state index in [2.05, 4.69) is 0 Å². The minimum absolute atomic E-state index is 0.221. The Balaban J connectivity index is 3.75. The zero-order valence-electron chi connectivity index (χ0n) is 6.55. The molecule has 0 spiro atoms. The van der Waals surface area contributed by atoms with Crippen molar-refractivity contribution < 1.29 is 11.3 Å². The number of carboxylic acids is 1. The Morgan fingerprint density at radius 1 is 2.00 bits per heavy atom. The number of rotatable bonds is 4. The number of hydrogen-bond acceptors (Lipinski definition) is 2. The average Bonchev–Trinajstić information content (AvgIpc) is 1.84. The lowest BCUT2D eigenvalue weighted by molar-refractivity contribution is -0.138. The normalized spacial score (nSPS) is 18.2. The fraction of sp³-hybridized carbons (Fsp3) is 0.833. The molecule has 0 rings (SSSR count). The van der Waals surface area contributed by atoms with Crippen LogP contribution in [0.15, 0.2) is 0 Å². The first-order valence-electron chi connectivity index (χ1n) is 3.53. The molecule has 0 aliphatic carbocycles. The molecule has 0 radical (unpaired) electrons. The van der Waals surface area contributed by atoms with E-state index in [1.54, 1.807) is 0 Å². The number of hydrogen-bond donors (Lipinski definition) is 2. The van der Waals surface area contributed by atoms with Crippen LogP contribution in [0.3, 0.4) is 0 Å². The third kappa shape index (κ3) is 3.97. The highest BCUT2D eigenvalue weighted by Gasteiger charge is 2.08. The van der Waals surface area contributed by atoms with Crippen LogP contribution in [-0.4, -0.2) is 17.1 Å². The van der Waals surface area contributed by atoms with Gasteiger partial charge in [-0.15, -0.1) is 0 Å². The van der Waals surface area contributed by atoms with E-state index in [0.29, 0.717) is 6.42 Å². The lowest BCUT2D eigenvalue weighted by atomic mass is 10.1. The maximum Gasteiger partial charge on any atom is 0.320 e. The molecular formula is C6H13NO2. The van der Waals surface area contributed by atoms with Crippen LogP contribution in [0.25, 0.3) is 0 Å². The smallest absolute Gasteiger partial charge is 0.320 e. The van der Waals surface area contributed by atoms with Crippen molar-refractivity contribution in [2.45, 2.75) is 32.2 Å². The summed E-state index contributed by atoms with van der Waals surface area (Å²) in [6.45, 7) is 1.93. The first-order valence-corrected chi connectivity index (χ1v) is 3.03. The van der Waals surface area contributed by atoms with Crippen molar-refractivity contribution in [3.8, 4) is 0 Å². The molecule has 3 heteroatoms. The first kappa shape index (κ1) is 6.55. The molecule has 0 amide bonds. The summed E-state index contributed by atoms with van der Waals surface area (Å²) in [4.78, 5) is 10.2. The molecule has 3 nitrogen and oxygen atoms in total. The average molecular weight is 132 g/mol. The van der Waals surface area contributed by atoms with Gasteiger partial charge in [-0.05, 0) is 6.42 Å². The summed E-state index contributed by atoms with van der Waals surface area (Å²) in [6.07, 6.45) is 1.77. The number of carbonyl (C=O) groups is 1. The minimum Gasteiger partial charge on any atom is -0.480 e. The molecule has 0 saturated carbocycles. The van der Waals surface area contributed by atoms with E-state index < -0.39 is 12.0 Å². The third-order valence-corrected chi connectivity index (χ3v) is 1.07. The fourth-order valence-electron chi connectivity index (χ4n) is 0.474. The second kappa shape index (κ2) is 4.32. The highest BCUT2D eigenvalue weighted by molar-refractivity contribution is 5.72. The van der Waals surface area contributed by atoms with E-state index in [1.807, 2.05) is 6.92 Å². The molecular weight excluding hydrogens is 118 g/mol. The lowest BCUT2D eigenvalue weighted by Crippen LogP contribution is -2.29. The predicted octanol–water partition coefficient (Wildman–Crippen LogP) is 0.589. The summed E-state index contributed by atoms with van der Waals surface area (Å²) in [5.74, 6) is -1.25. The molecule has 0 aliphatic heterocycles. The van der Waals surface area contributed by atoms with Crippen molar-refractivity contribution in [1.29, 1.82) is 0 Å². The van der Waals surface area contributed by atoms with Gasteiger partial charge in [-0.25, -0.2) is 0 Å². The molecule has 0 aliphatic rings. The maximum absolute atomic E-state index is 10.2.